The number of rotatable bonds is 4. The Balaban J connectivity index is 2.22. The second kappa shape index (κ2) is 4.46. The second-order valence-corrected chi connectivity index (χ2v) is 5.41. The Morgan fingerprint density at radius 3 is 2.75 bits per heavy atom. The number of hydrogen-bond donors (Lipinski definition) is 1. The van der Waals surface area contributed by atoms with Crippen molar-refractivity contribution in [2.24, 2.45) is 5.92 Å². The van der Waals surface area contributed by atoms with Crippen LogP contribution in [0.25, 0.3) is 0 Å². The molecule has 0 aliphatic heterocycles. The van der Waals surface area contributed by atoms with Crippen LogP contribution in [0.1, 0.15) is 31.7 Å². The molecule has 88 valence electrons. The monoisotopic (exact) mass is 286 g/mol. The highest BCUT2D eigenvalue weighted by atomic mass is 79.9. The van der Waals surface area contributed by atoms with E-state index in [0.29, 0.717) is 16.8 Å². The molecular formula is C13H16BrFO. The largest absolute Gasteiger partial charge is 0.389 e. The molecule has 1 nitrogen and oxygen atoms in total. The number of aliphatic hydroxyl groups is 1. The SMILES string of the molecule is CCC(O)(Cc1cccc(F)c1Br)C1CC1. The van der Waals surface area contributed by atoms with Crippen molar-refractivity contribution in [3.8, 4) is 0 Å². The molecule has 2 rings (SSSR count). The topological polar surface area (TPSA) is 20.2 Å². The van der Waals surface area contributed by atoms with Gasteiger partial charge in [-0.25, -0.2) is 4.39 Å². The molecule has 0 bridgehead atoms. The van der Waals surface area contributed by atoms with Gasteiger partial charge in [-0.2, -0.15) is 0 Å². The second-order valence-electron chi connectivity index (χ2n) is 4.62. The van der Waals surface area contributed by atoms with Crippen molar-refractivity contribution < 1.29 is 9.50 Å². The van der Waals surface area contributed by atoms with E-state index in [1.54, 1.807) is 6.07 Å². The summed E-state index contributed by atoms with van der Waals surface area (Å²) in [5, 5.41) is 10.5. The first kappa shape index (κ1) is 12.1. The summed E-state index contributed by atoms with van der Waals surface area (Å²) in [5.41, 5.74) is 0.201. The molecule has 1 aliphatic carbocycles. The van der Waals surface area contributed by atoms with E-state index in [-0.39, 0.29) is 5.82 Å². The molecule has 16 heavy (non-hydrogen) atoms. The maximum Gasteiger partial charge on any atom is 0.137 e. The molecule has 0 heterocycles. The molecule has 1 N–H and O–H groups in total. The quantitative estimate of drug-likeness (QED) is 0.895. The number of hydrogen-bond acceptors (Lipinski definition) is 1. The third-order valence-corrected chi connectivity index (χ3v) is 4.37. The van der Waals surface area contributed by atoms with Gasteiger partial charge in [0.25, 0.3) is 0 Å². The first-order valence-corrected chi connectivity index (χ1v) is 6.51. The van der Waals surface area contributed by atoms with Crippen molar-refractivity contribution in [1.29, 1.82) is 0 Å². The summed E-state index contributed by atoms with van der Waals surface area (Å²) in [4.78, 5) is 0. The van der Waals surface area contributed by atoms with Crippen molar-refractivity contribution in [3.63, 3.8) is 0 Å². The molecule has 0 spiro atoms. The van der Waals surface area contributed by atoms with Crippen LogP contribution < -0.4 is 0 Å². The van der Waals surface area contributed by atoms with Crippen LogP contribution in [0.5, 0.6) is 0 Å². The fraction of sp³-hybridized carbons (Fsp3) is 0.538. The van der Waals surface area contributed by atoms with E-state index in [4.69, 9.17) is 0 Å². The minimum atomic E-state index is -0.656. The van der Waals surface area contributed by atoms with E-state index in [1.165, 1.54) is 6.07 Å². The predicted molar refractivity (Wildman–Crippen MR) is 65.8 cm³/mol. The lowest BCUT2D eigenvalue weighted by molar-refractivity contribution is 0.0137. The molecule has 0 amide bonds. The van der Waals surface area contributed by atoms with Gasteiger partial charge in [0, 0.05) is 6.42 Å². The third-order valence-electron chi connectivity index (χ3n) is 3.48. The van der Waals surface area contributed by atoms with Crippen LogP contribution in [0.4, 0.5) is 4.39 Å². The fourth-order valence-electron chi connectivity index (χ4n) is 2.19. The molecule has 1 fully saturated rings. The number of benzene rings is 1. The standard InChI is InChI=1S/C13H16BrFO/c1-2-13(16,10-6-7-10)8-9-4-3-5-11(15)12(9)14/h3-5,10,16H,2,6-8H2,1H3. The molecule has 0 saturated heterocycles. The zero-order chi connectivity index (χ0) is 11.8. The first-order chi connectivity index (χ1) is 7.57. The Morgan fingerprint density at radius 1 is 1.50 bits per heavy atom. The number of halogens is 2. The van der Waals surface area contributed by atoms with Crippen molar-refractivity contribution >= 4 is 15.9 Å². The van der Waals surface area contributed by atoms with Crippen molar-refractivity contribution in [2.45, 2.75) is 38.2 Å². The van der Waals surface area contributed by atoms with Gasteiger partial charge in [-0.05, 0) is 52.7 Å². The van der Waals surface area contributed by atoms with Crippen molar-refractivity contribution in [3.05, 3.63) is 34.1 Å². The summed E-state index contributed by atoms with van der Waals surface area (Å²) in [6, 6.07) is 4.99. The summed E-state index contributed by atoms with van der Waals surface area (Å²) >= 11 is 3.25. The van der Waals surface area contributed by atoms with Crippen LogP contribution in [0.3, 0.4) is 0 Å². The van der Waals surface area contributed by atoms with Crippen molar-refractivity contribution in [2.75, 3.05) is 0 Å². The summed E-state index contributed by atoms with van der Waals surface area (Å²) < 4.78 is 13.8. The average molecular weight is 287 g/mol. The van der Waals surface area contributed by atoms with E-state index < -0.39 is 5.60 Å². The molecule has 1 unspecified atom stereocenters. The third kappa shape index (κ3) is 2.30. The van der Waals surface area contributed by atoms with Crippen LogP contribution in [-0.4, -0.2) is 10.7 Å². The highest BCUT2D eigenvalue weighted by molar-refractivity contribution is 9.10. The molecule has 3 heteroatoms. The van der Waals surface area contributed by atoms with Gasteiger partial charge in [0.05, 0.1) is 10.1 Å². The minimum Gasteiger partial charge on any atom is -0.389 e. The van der Waals surface area contributed by atoms with Crippen molar-refractivity contribution in [1.82, 2.24) is 0 Å². The molecule has 1 aliphatic rings. The Labute approximate surface area is 104 Å². The fourth-order valence-corrected chi connectivity index (χ4v) is 2.60. The molecule has 1 aromatic rings. The summed E-state index contributed by atoms with van der Waals surface area (Å²) in [6.07, 6.45) is 3.45. The zero-order valence-corrected chi connectivity index (χ0v) is 10.9. The Kier molecular flexibility index (Phi) is 3.36. The normalized spacial score (nSPS) is 19.5. The lowest BCUT2D eigenvalue weighted by atomic mass is 9.87. The van der Waals surface area contributed by atoms with Gasteiger partial charge in [-0.1, -0.05) is 19.1 Å². The van der Waals surface area contributed by atoms with Gasteiger partial charge in [0.2, 0.25) is 0 Å². The molecular weight excluding hydrogens is 271 g/mol. The summed E-state index contributed by atoms with van der Waals surface area (Å²) in [6.45, 7) is 1.99. The van der Waals surface area contributed by atoms with Crippen LogP contribution >= 0.6 is 15.9 Å². The van der Waals surface area contributed by atoms with E-state index in [1.807, 2.05) is 13.0 Å². The average Bonchev–Trinajstić information content (AvgIpc) is 3.08. The van der Waals surface area contributed by atoms with Gasteiger partial charge in [0.15, 0.2) is 0 Å². The van der Waals surface area contributed by atoms with Gasteiger partial charge in [-0.3, -0.25) is 0 Å². The summed E-state index contributed by atoms with van der Waals surface area (Å²) in [7, 11) is 0. The lowest BCUT2D eigenvalue weighted by Crippen LogP contribution is -2.33. The minimum absolute atomic E-state index is 0.258. The Morgan fingerprint density at radius 2 is 2.19 bits per heavy atom. The van der Waals surface area contributed by atoms with Crippen LogP contribution in [-0.2, 0) is 6.42 Å². The molecule has 0 aromatic heterocycles. The maximum atomic E-state index is 13.3. The van der Waals surface area contributed by atoms with Crippen LogP contribution in [0, 0.1) is 11.7 Å². The highest BCUT2D eigenvalue weighted by Gasteiger charge is 2.42. The highest BCUT2D eigenvalue weighted by Crippen LogP contribution is 2.44. The van der Waals surface area contributed by atoms with Gasteiger partial charge < -0.3 is 5.11 Å². The Hall–Kier alpha value is -0.410. The molecule has 1 saturated carbocycles. The Bertz CT molecular complexity index is 390. The smallest absolute Gasteiger partial charge is 0.137 e. The van der Waals surface area contributed by atoms with Gasteiger partial charge >= 0.3 is 0 Å². The molecule has 1 atom stereocenters. The predicted octanol–water partition coefficient (Wildman–Crippen LogP) is 3.68. The van der Waals surface area contributed by atoms with Crippen LogP contribution in [0.15, 0.2) is 22.7 Å². The summed E-state index contributed by atoms with van der Waals surface area (Å²) in [5.74, 6) is 0.138. The first-order valence-electron chi connectivity index (χ1n) is 5.72. The zero-order valence-electron chi connectivity index (χ0n) is 9.34. The van der Waals surface area contributed by atoms with E-state index in [9.17, 15) is 9.50 Å². The van der Waals surface area contributed by atoms with E-state index in [2.05, 4.69) is 15.9 Å². The van der Waals surface area contributed by atoms with E-state index >= 15 is 0 Å². The molecule has 0 radical (unpaired) electrons. The molecule has 1 aromatic carbocycles. The van der Waals surface area contributed by atoms with E-state index in [0.717, 1.165) is 24.8 Å². The van der Waals surface area contributed by atoms with Gasteiger partial charge in [0.1, 0.15) is 5.82 Å². The van der Waals surface area contributed by atoms with Crippen LogP contribution in [0.2, 0.25) is 0 Å². The lowest BCUT2D eigenvalue weighted by Gasteiger charge is -2.27. The van der Waals surface area contributed by atoms with Gasteiger partial charge in [-0.15, -0.1) is 0 Å². The maximum absolute atomic E-state index is 13.3.